The maximum Gasteiger partial charge on any atom is 0.227 e. The largest absolute Gasteiger partial charge is 0.356 e. The summed E-state index contributed by atoms with van der Waals surface area (Å²) in [6.45, 7) is 8.95. The third kappa shape index (κ3) is 4.14. The van der Waals surface area contributed by atoms with Crippen LogP contribution in [0.5, 0.6) is 0 Å². The fraction of sp³-hybridized carbons (Fsp3) is 0.565. The molecule has 3 aliphatic rings. The predicted molar refractivity (Wildman–Crippen MR) is 117 cm³/mol. The zero-order valence-corrected chi connectivity index (χ0v) is 17.9. The molecule has 0 unspecified atom stereocenters. The first-order chi connectivity index (χ1) is 14.7. The third-order valence-corrected chi connectivity index (χ3v) is 6.62. The van der Waals surface area contributed by atoms with Gasteiger partial charge in [0.15, 0.2) is 0 Å². The van der Waals surface area contributed by atoms with Gasteiger partial charge in [0.25, 0.3) is 0 Å². The Morgan fingerprint density at radius 1 is 0.867 bits per heavy atom. The molecule has 2 aromatic rings. The van der Waals surface area contributed by atoms with Crippen molar-refractivity contribution < 1.29 is 4.39 Å². The van der Waals surface area contributed by atoms with E-state index in [2.05, 4.69) is 26.6 Å². The van der Waals surface area contributed by atoms with E-state index in [-0.39, 0.29) is 5.82 Å². The molecule has 1 aromatic heterocycles. The molecule has 0 saturated carbocycles. The van der Waals surface area contributed by atoms with E-state index in [0.717, 1.165) is 82.7 Å². The average molecular weight is 411 g/mol. The fourth-order valence-electron chi connectivity index (χ4n) is 4.76. The van der Waals surface area contributed by atoms with Crippen molar-refractivity contribution in [2.75, 3.05) is 62.7 Å². The minimum atomic E-state index is -0.177. The monoisotopic (exact) mass is 410 g/mol. The lowest BCUT2D eigenvalue weighted by Gasteiger charge is -2.35. The predicted octanol–water partition coefficient (Wildman–Crippen LogP) is 2.53. The van der Waals surface area contributed by atoms with Gasteiger partial charge >= 0.3 is 0 Å². The summed E-state index contributed by atoms with van der Waals surface area (Å²) in [6, 6.07) is 6.88. The second-order valence-electron chi connectivity index (χ2n) is 8.84. The molecule has 5 rings (SSSR count). The van der Waals surface area contributed by atoms with Gasteiger partial charge < -0.3 is 14.7 Å². The lowest BCUT2D eigenvalue weighted by molar-refractivity contribution is 0.243. The van der Waals surface area contributed by atoms with Crippen molar-refractivity contribution in [1.82, 2.24) is 19.8 Å². The second-order valence-corrected chi connectivity index (χ2v) is 8.84. The summed E-state index contributed by atoms with van der Waals surface area (Å²) in [5.41, 5.74) is 3.66. The quantitative estimate of drug-likeness (QED) is 0.771. The van der Waals surface area contributed by atoms with Gasteiger partial charge in [-0.15, -0.1) is 0 Å². The van der Waals surface area contributed by atoms with Crippen LogP contribution in [0.4, 0.5) is 16.2 Å². The normalized spacial score (nSPS) is 20.6. The molecule has 7 heteroatoms. The summed E-state index contributed by atoms with van der Waals surface area (Å²) in [4.78, 5) is 19.8. The van der Waals surface area contributed by atoms with Gasteiger partial charge in [0.1, 0.15) is 11.6 Å². The first-order valence-corrected chi connectivity index (χ1v) is 11.2. The Hall–Kier alpha value is -2.25. The smallest absolute Gasteiger partial charge is 0.227 e. The standard InChI is InChI=1S/C23H31FN6/c1-27-12-14-30(15-13-27)23-25-21-8-11-28(16-18-4-6-19(24)7-5-18)17-20(21)22(26-23)29-9-2-3-10-29/h4-7H,2-3,8-17H2,1H3. The third-order valence-electron chi connectivity index (χ3n) is 6.62. The van der Waals surface area contributed by atoms with E-state index in [0.29, 0.717) is 0 Å². The van der Waals surface area contributed by atoms with Crippen LogP contribution in [0.2, 0.25) is 0 Å². The van der Waals surface area contributed by atoms with Crippen LogP contribution < -0.4 is 9.80 Å². The zero-order valence-electron chi connectivity index (χ0n) is 17.9. The SMILES string of the molecule is CN1CCN(c2nc3c(c(N4CCCC4)n2)CN(Cc2ccc(F)cc2)CC3)CC1. The van der Waals surface area contributed by atoms with Crippen molar-refractivity contribution >= 4 is 11.8 Å². The van der Waals surface area contributed by atoms with Gasteiger partial charge in [-0.1, -0.05) is 12.1 Å². The van der Waals surface area contributed by atoms with E-state index in [4.69, 9.17) is 9.97 Å². The molecular formula is C23H31FN6. The van der Waals surface area contributed by atoms with Crippen molar-refractivity contribution in [1.29, 1.82) is 0 Å². The van der Waals surface area contributed by atoms with Gasteiger partial charge in [-0.3, -0.25) is 4.90 Å². The molecule has 160 valence electrons. The molecule has 0 spiro atoms. The highest BCUT2D eigenvalue weighted by Gasteiger charge is 2.28. The molecule has 0 atom stereocenters. The Bertz CT molecular complexity index is 872. The summed E-state index contributed by atoms with van der Waals surface area (Å²) in [5.74, 6) is 1.88. The number of rotatable bonds is 4. The summed E-state index contributed by atoms with van der Waals surface area (Å²) in [6.07, 6.45) is 3.42. The van der Waals surface area contributed by atoms with E-state index in [1.165, 1.54) is 24.1 Å². The van der Waals surface area contributed by atoms with Gasteiger partial charge in [0.2, 0.25) is 5.95 Å². The van der Waals surface area contributed by atoms with Crippen LogP contribution in [0.15, 0.2) is 24.3 Å². The first-order valence-electron chi connectivity index (χ1n) is 11.2. The number of halogens is 1. The highest BCUT2D eigenvalue weighted by molar-refractivity contribution is 5.55. The molecule has 6 nitrogen and oxygen atoms in total. The van der Waals surface area contributed by atoms with Crippen LogP contribution in [-0.2, 0) is 19.5 Å². The highest BCUT2D eigenvalue weighted by Crippen LogP contribution is 2.31. The summed E-state index contributed by atoms with van der Waals surface area (Å²) < 4.78 is 13.3. The van der Waals surface area contributed by atoms with E-state index < -0.39 is 0 Å². The molecule has 0 amide bonds. The maximum atomic E-state index is 13.3. The Morgan fingerprint density at radius 2 is 1.60 bits per heavy atom. The molecule has 2 saturated heterocycles. The van der Waals surface area contributed by atoms with E-state index in [1.54, 1.807) is 12.1 Å². The van der Waals surface area contributed by atoms with Crippen LogP contribution in [-0.4, -0.2) is 72.6 Å². The number of hydrogen-bond donors (Lipinski definition) is 0. The Morgan fingerprint density at radius 3 is 2.33 bits per heavy atom. The van der Waals surface area contributed by atoms with Crippen molar-refractivity contribution in [3.05, 3.63) is 46.9 Å². The van der Waals surface area contributed by atoms with Crippen molar-refractivity contribution in [3.63, 3.8) is 0 Å². The average Bonchev–Trinajstić information content (AvgIpc) is 3.30. The van der Waals surface area contributed by atoms with E-state index in [9.17, 15) is 4.39 Å². The number of nitrogens with zero attached hydrogens (tertiary/aromatic N) is 6. The lowest BCUT2D eigenvalue weighted by atomic mass is 10.0. The number of hydrogen-bond acceptors (Lipinski definition) is 6. The Labute approximate surface area is 178 Å². The number of benzene rings is 1. The Balaban J connectivity index is 1.41. The van der Waals surface area contributed by atoms with Crippen molar-refractivity contribution in [2.24, 2.45) is 0 Å². The Kier molecular flexibility index (Phi) is 5.56. The topological polar surface area (TPSA) is 38.7 Å². The van der Waals surface area contributed by atoms with Crippen LogP contribution in [0, 0.1) is 5.82 Å². The highest BCUT2D eigenvalue weighted by atomic mass is 19.1. The van der Waals surface area contributed by atoms with Crippen molar-refractivity contribution in [2.45, 2.75) is 32.4 Å². The van der Waals surface area contributed by atoms with Crippen LogP contribution >= 0.6 is 0 Å². The minimum absolute atomic E-state index is 0.177. The molecule has 0 radical (unpaired) electrons. The van der Waals surface area contributed by atoms with Gasteiger partial charge in [-0.25, -0.2) is 9.37 Å². The number of fused-ring (bicyclic) bond motifs is 1. The summed E-state index contributed by atoms with van der Waals surface area (Å²) in [5, 5.41) is 0. The van der Waals surface area contributed by atoms with Crippen LogP contribution in [0.1, 0.15) is 29.7 Å². The molecular weight excluding hydrogens is 379 g/mol. The summed E-state index contributed by atoms with van der Waals surface area (Å²) >= 11 is 0. The maximum absolute atomic E-state index is 13.3. The van der Waals surface area contributed by atoms with Crippen molar-refractivity contribution in [3.8, 4) is 0 Å². The first kappa shape index (κ1) is 19.7. The number of anilines is 2. The molecule has 1 aromatic carbocycles. The second kappa shape index (κ2) is 8.47. The number of likely N-dealkylation sites (N-methyl/N-ethyl adjacent to an activating group) is 1. The molecule has 0 aliphatic carbocycles. The zero-order chi connectivity index (χ0) is 20.5. The van der Waals surface area contributed by atoms with Crippen LogP contribution in [0.25, 0.3) is 0 Å². The van der Waals surface area contributed by atoms with Gasteiger partial charge in [-0.2, -0.15) is 4.98 Å². The summed E-state index contributed by atoms with van der Waals surface area (Å²) in [7, 11) is 2.18. The fourth-order valence-corrected chi connectivity index (χ4v) is 4.76. The van der Waals surface area contributed by atoms with E-state index in [1.807, 2.05) is 12.1 Å². The van der Waals surface area contributed by atoms with Crippen LogP contribution in [0.3, 0.4) is 0 Å². The van der Waals surface area contributed by atoms with E-state index >= 15 is 0 Å². The number of aromatic nitrogens is 2. The molecule has 0 N–H and O–H groups in total. The molecule has 0 bridgehead atoms. The molecule has 4 heterocycles. The lowest BCUT2D eigenvalue weighted by Crippen LogP contribution is -2.45. The molecule has 2 fully saturated rings. The molecule has 3 aliphatic heterocycles. The van der Waals surface area contributed by atoms with Gasteiger partial charge in [0, 0.05) is 70.9 Å². The number of piperazine rings is 1. The van der Waals surface area contributed by atoms with Gasteiger partial charge in [-0.05, 0) is 37.6 Å². The molecule has 30 heavy (non-hydrogen) atoms. The minimum Gasteiger partial charge on any atom is -0.356 e. The van der Waals surface area contributed by atoms with Gasteiger partial charge in [0.05, 0.1) is 5.69 Å².